The predicted octanol–water partition coefficient (Wildman–Crippen LogP) is 8.06. The second-order valence-corrected chi connectivity index (χ2v) is 13.4. The summed E-state index contributed by atoms with van der Waals surface area (Å²) in [5.41, 5.74) is 2.48. The molecule has 4 aromatic rings. The van der Waals surface area contributed by atoms with E-state index in [9.17, 15) is 13.5 Å². The van der Waals surface area contributed by atoms with Crippen LogP contribution in [0.2, 0.25) is 0 Å². The second kappa shape index (κ2) is 19.1. The number of piperidine rings is 2. The SMILES string of the molecule is Cc1ccc(S(=O)(=O)N(Cc2ccccc2)c2ccc(Nc3nc(N4CCCCC4)nc(N4CCCCC4)n3)cc2O)cc1.Cl.N.N.N.N.[HH].[HH].[HH].[HH]. The number of anilines is 5. The van der Waals surface area contributed by atoms with Crippen molar-refractivity contribution in [1.82, 2.24) is 39.6 Å². The number of hydrogen-bond acceptors (Lipinski definition) is 13. The van der Waals surface area contributed by atoms with Gasteiger partial charge in [-0.05, 0) is 75.3 Å². The highest BCUT2D eigenvalue weighted by atomic mass is 35.5. The zero-order valence-corrected chi connectivity index (χ0v) is 29.9. The van der Waals surface area contributed by atoms with Crippen molar-refractivity contribution in [1.29, 1.82) is 0 Å². The van der Waals surface area contributed by atoms with Crippen molar-refractivity contribution in [2.24, 2.45) is 0 Å². The molecular formula is C33H60ClN11O3S. The van der Waals surface area contributed by atoms with E-state index >= 15 is 0 Å². The Morgan fingerprint density at radius 3 is 1.80 bits per heavy atom. The van der Waals surface area contributed by atoms with Crippen LogP contribution in [0.25, 0.3) is 0 Å². The van der Waals surface area contributed by atoms with E-state index < -0.39 is 10.0 Å². The van der Waals surface area contributed by atoms with E-state index in [0.29, 0.717) is 23.5 Å². The molecule has 2 fully saturated rings. The number of aryl methyl sites for hydroxylation is 1. The summed E-state index contributed by atoms with van der Waals surface area (Å²) < 4.78 is 29.1. The van der Waals surface area contributed by atoms with E-state index in [1.165, 1.54) is 23.2 Å². The number of aromatic nitrogens is 3. The van der Waals surface area contributed by atoms with Gasteiger partial charge in [-0.15, -0.1) is 12.4 Å². The molecule has 49 heavy (non-hydrogen) atoms. The number of phenols is 1. The van der Waals surface area contributed by atoms with E-state index in [0.717, 1.165) is 63.0 Å². The minimum atomic E-state index is -3.99. The third-order valence-corrected chi connectivity index (χ3v) is 9.94. The molecule has 14 N–H and O–H groups in total. The Balaban J connectivity index is -0.00000133. The molecule has 14 nitrogen and oxygen atoms in total. The maximum absolute atomic E-state index is 13.9. The first kappa shape index (κ1) is 42.8. The zero-order valence-electron chi connectivity index (χ0n) is 28.3. The first-order chi connectivity index (χ1) is 21.4. The van der Waals surface area contributed by atoms with Gasteiger partial charge in [0.15, 0.2) is 0 Å². The number of nitrogens with zero attached hydrogens (tertiary/aromatic N) is 6. The van der Waals surface area contributed by atoms with Gasteiger partial charge in [-0.2, -0.15) is 15.0 Å². The number of phenolic OH excluding ortho intramolecular Hbond substituents is 1. The van der Waals surface area contributed by atoms with Crippen molar-refractivity contribution in [2.45, 2.75) is 56.9 Å². The van der Waals surface area contributed by atoms with Crippen LogP contribution in [0.3, 0.4) is 0 Å². The van der Waals surface area contributed by atoms with Crippen LogP contribution >= 0.6 is 12.4 Å². The van der Waals surface area contributed by atoms with E-state index in [2.05, 4.69) is 15.1 Å². The van der Waals surface area contributed by atoms with Gasteiger partial charge in [0.05, 0.1) is 17.1 Å². The smallest absolute Gasteiger partial charge is 0.264 e. The van der Waals surface area contributed by atoms with Crippen molar-refractivity contribution in [3.8, 4) is 5.75 Å². The summed E-state index contributed by atoms with van der Waals surface area (Å²) in [6.45, 7) is 5.60. The lowest BCUT2D eigenvalue weighted by Crippen LogP contribution is -2.34. The van der Waals surface area contributed by atoms with Crippen molar-refractivity contribution in [2.75, 3.05) is 45.6 Å². The summed E-state index contributed by atoms with van der Waals surface area (Å²) in [4.78, 5) is 18.9. The molecule has 1 aromatic heterocycles. The standard InChI is InChI=1S/C33H39N7O3S.ClH.4H3N.4H2/c1-25-13-16-28(17-14-25)44(42,43)40(24-26-11-5-2-6-12-26)29-18-15-27(23-30(29)41)34-31-35-32(38-19-7-3-8-20-38)37-33(36-31)39-21-9-4-10-22-39;;;;;;;;;/h2,5-6,11-18,23,41H,3-4,7-10,19-22,24H2,1H3,(H,34,35,36,37);1H;4*1H3;4*1H. The summed E-state index contributed by atoms with van der Waals surface area (Å²) in [5, 5.41) is 14.5. The quantitative estimate of drug-likeness (QED) is 0.0955. The minimum absolute atomic E-state index is 0. The molecule has 2 saturated heterocycles. The van der Waals surface area contributed by atoms with Gasteiger partial charge in [-0.25, -0.2) is 8.42 Å². The van der Waals surface area contributed by atoms with Gasteiger partial charge in [0.25, 0.3) is 10.0 Å². The summed E-state index contributed by atoms with van der Waals surface area (Å²) in [5.74, 6) is 1.52. The predicted molar refractivity (Wildman–Crippen MR) is 210 cm³/mol. The van der Waals surface area contributed by atoms with Gasteiger partial charge < -0.3 is 44.8 Å². The maximum atomic E-state index is 13.9. The third-order valence-electron chi connectivity index (χ3n) is 8.17. The Bertz CT molecular complexity index is 1670. The van der Waals surface area contributed by atoms with Gasteiger partial charge in [0, 0.05) is 43.6 Å². The molecule has 0 unspecified atom stereocenters. The Morgan fingerprint density at radius 2 is 1.29 bits per heavy atom. The largest absolute Gasteiger partial charge is 0.506 e. The molecule has 2 aliphatic heterocycles. The normalized spacial score (nSPS) is 14.1. The molecule has 0 bridgehead atoms. The number of sulfonamides is 1. The van der Waals surface area contributed by atoms with Crippen LogP contribution in [0.5, 0.6) is 5.75 Å². The average molecular weight is 726 g/mol. The molecular weight excluding hydrogens is 666 g/mol. The Kier molecular flexibility index (Phi) is 16.6. The molecule has 6 rings (SSSR count). The highest BCUT2D eigenvalue weighted by Crippen LogP contribution is 2.36. The highest BCUT2D eigenvalue weighted by molar-refractivity contribution is 7.92. The van der Waals surface area contributed by atoms with Crippen molar-refractivity contribution < 1.29 is 19.2 Å². The number of rotatable bonds is 9. The van der Waals surface area contributed by atoms with Crippen LogP contribution in [0.1, 0.15) is 55.4 Å². The third kappa shape index (κ3) is 10.1. The van der Waals surface area contributed by atoms with Crippen molar-refractivity contribution >= 4 is 51.7 Å². The van der Waals surface area contributed by atoms with Crippen LogP contribution in [0.15, 0.2) is 77.7 Å². The average Bonchev–Trinajstić information content (AvgIpc) is 3.05. The number of halogens is 1. The fourth-order valence-electron chi connectivity index (χ4n) is 5.71. The topological polar surface area (TPSA) is 255 Å². The molecule has 0 aliphatic carbocycles. The fraction of sp³-hybridized carbons (Fsp3) is 0.364. The first-order valence-corrected chi connectivity index (χ1v) is 16.8. The Morgan fingerprint density at radius 1 is 0.755 bits per heavy atom. The van der Waals surface area contributed by atoms with Crippen LogP contribution in [-0.4, -0.2) is 54.7 Å². The molecule has 0 atom stereocenters. The molecule has 0 saturated carbocycles. The van der Waals surface area contributed by atoms with Crippen LogP contribution in [0, 0.1) is 6.92 Å². The molecule has 0 spiro atoms. The molecule has 3 heterocycles. The summed E-state index contributed by atoms with van der Waals surface area (Å²) in [6, 6.07) is 20.9. The monoisotopic (exact) mass is 725 g/mol. The molecule has 3 aromatic carbocycles. The van der Waals surface area contributed by atoms with Crippen LogP contribution < -0.4 is 44.0 Å². The van der Waals surface area contributed by atoms with E-state index in [1.54, 1.807) is 36.4 Å². The van der Waals surface area contributed by atoms with E-state index in [1.807, 2.05) is 37.3 Å². The summed E-state index contributed by atoms with van der Waals surface area (Å²) in [7, 11) is -3.99. The molecule has 278 valence electrons. The number of aromatic hydroxyl groups is 1. The maximum Gasteiger partial charge on any atom is 0.264 e. The fourth-order valence-corrected chi connectivity index (χ4v) is 7.17. The number of benzene rings is 3. The van der Waals surface area contributed by atoms with Gasteiger partial charge in [0.2, 0.25) is 17.8 Å². The van der Waals surface area contributed by atoms with E-state index in [4.69, 9.17) is 15.0 Å². The van der Waals surface area contributed by atoms with Crippen molar-refractivity contribution in [3.63, 3.8) is 0 Å². The molecule has 0 amide bonds. The zero-order chi connectivity index (χ0) is 30.5. The number of nitrogens with one attached hydrogen (secondary N) is 1. The lowest BCUT2D eigenvalue weighted by molar-refractivity contribution is 0.475. The van der Waals surface area contributed by atoms with Crippen molar-refractivity contribution in [3.05, 3.63) is 83.9 Å². The summed E-state index contributed by atoms with van der Waals surface area (Å²) in [6.07, 6.45) is 6.83. The highest BCUT2D eigenvalue weighted by Gasteiger charge is 2.28. The van der Waals surface area contributed by atoms with Gasteiger partial charge in [0.1, 0.15) is 5.75 Å². The minimum Gasteiger partial charge on any atom is -0.506 e. The first-order valence-electron chi connectivity index (χ1n) is 15.4. The molecule has 0 radical (unpaired) electrons. The lowest BCUT2D eigenvalue weighted by atomic mass is 10.1. The number of hydrogen-bond donors (Lipinski definition) is 6. The summed E-state index contributed by atoms with van der Waals surface area (Å²) >= 11 is 0. The lowest BCUT2D eigenvalue weighted by Gasteiger charge is -2.30. The van der Waals surface area contributed by atoms with Crippen LogP contribution in [0.4, 0.5) is 29.2 Å². The van der Waals surface area contributed by atoms with Gasteiger partial charge >= 0.3 is 0 Å². The Labute approximate surface area is 302 Å². The molecule has 16 heteroatoms. The van der Waals surface area contributed by atoms with Gasteiger partial charge in [-0.1, -0.05) is 48.0 Å². The second-order valence-electron chi connectivity index (χ2n) is 11.5. The molecule has 2 aliphatic rings. The van der Waals surface area contributed by atoms with Crippen LogP contribution in [-0.2, 0) is 16.6 Å². The Hall–Kier alpha value is -4.25. The van der Waals surface area contributed by atoms with Gasteiger partial charge in [-0.3, -0.25) is 4.31 Å². The van der Waals surface area contributed by atoms with E-state index in [-0.39, 0.29) is 65.6 Å².